The van der Waals surface area contributed by atoms with E-state index in [-0.39, 0.29) is 19.0 Å². The highest BCUT2D eigenvalue weighted by molar-refractivity contribution is 5.34. The second-order valence-corrected chi connectivity index (χ2v) is 3.87. The zero-order valence-electron chi connectivity index (χ0n) is 9.64. The number of aliphatic hydroxyl groups excluding tert-OH is 1. The molecule has 0 saturated heterocycles. The van der Waals surface area contributed by atoms with Crippen LogP contribution < -0.4 is 4.74 Å². The second kappa shape index (κ2) is 5.51. The summed E-state index contributed by atoms with van der Waals surface area (Å²) in [5.74, 6) is 0.184. The largest absolute Gasteiger partial charge is 0.508 e. The van der Waals surface area contributed by atoms with Crippen LogP contribution in [0.2, 0.25) is 0 Å². The van der Waals surface area contributed by atoms with Crippen molar-refractivity contribution >= 4 is 0 Å². The van der Waals surface area contributed by atoms with E-state index in [1.54, 1.807) is 18.2 Å². The molecular formula is C14H13FO3. The molecule has 2 aromatic rings. The van der Waals surface area contributed by atoms with E-state index in [2.05, 4.69) is 0 Å². The molecule has 94 valence electrons. The molecule has 0 aliphatic heterocycles. The molecular weight excluding hydrogens is 235 g/mol. The Morgan fingerprint density at radius 2 is 1.94 bits per heavy atom. The van der Waals surface area contributed by atoms with Gasteiger partial charge in [0.1, 0.15) is 23.9 Å². The molecule has 2 rings (SSSR count). The van der Waals surface area contributed by atoms with Crippen LogP contribution in [0.15, 0.2) is 42.5 Å². The Labute approximate surface area is 104 Å². The summed E-state index contributed by atoms with van der Waals surface area (Å²) in [6, 6.07) is 10.7. The van der Waals surface area contributed by atoms with Gasteiger partial charge in [-0.2, -0.15) is 0 Å². The highest BCUT2D eigenvalue weighted by atomic mass is 19.1. The van der Waals surface area contributed by atoms with Crippen molar-refractivity contribution in [2.24, 2.45) is 0 Å². The van der Waals surface area contributed by atoms with Gasteiger partial charge in [0.25, 0.3) is 0 Å². The monoisotopic (exact) mass is 248 g/mol. The Balaban J connectivity index is 2.10. The Morgan fingerprint density at radius 1 is 1.11 bits per heavy atom. The number of aliphatic hydroxyl groups is 1. The topological polar surface area (TPSA) is 49.7 Å². The summed E-state index contributed by atoms with van der Waals surface area (Å²) in [4.78, 5) is 0. The van der Waals surface area contributed by atoms with Crippen LogP contribution in [0, 0.1) is 5.82 Å². The van der Waals surface area contributed by atoms with Crippen molar-refractivity contribution in [1.29, 1.82) is 0 Å². The van der Waals surface area contributed by atoms with Crippen LogP contribution in [0.4, 0.5) is 4.39 Å². The lowest BCUT2D eigenvalue weighted by Gasteiger charge is -2.10. The Kier molecular flexibility index (Phi) is 3.79. The molecule has 0 atom stereocenters. The quantitative estimate of drug-likeness (QED) is 0.874. The van der Waals surface area contributed by atoms with Gasteiger partial charge in [0.15, 0.2) is 0 Å². The molecule has 3 nitrogen and oxygen atoms in total. The maximum atomic E-state index is 13.0. The summed E-state index contributed by atoms with van der Waals surface area (Å²) in [5.41, 5.74) is 1.19. The van der Waals surface area contributed by atoms with E-state index < -0.39 is 5.82 Å². The summed E-state index contributed by atoms with van der Waals surface area (Å²) in [5, 5.41) is 18.4. The van der Waals surface area contributed by atoms with Crippen LogP contribution in [-0.4, -0.2) is 10.2 Å². The van der Waals surface area contributed by atoms with E-state index in [1.165, 1.54) is 18.2 Å². The minimum atomic E-state index is -0.413. The third kappa shape index (κ3) is 2.99. The minimum absolute atomic E-state index is 0.164. The molecule has 0 radical (unpaired) electrons. The molecule has 4 heteroatoms. The summed E-state index contributed by atoms with van der Waals surface area (Å²) >= 11 is 0. The van der Waals surface area contributed by atoms with Gasteiger partial charge >= 0.3 is 0 Å². The van der Waals surface area contributed by atoms with Gasteiger partial charge in [-0.3, -0.25) is 0 Å². The zero-order valence-corrected chi connectivity index (χ0v) is 9.64. The van der Waals surface area contributed by atoms with Crippen molar-refractivity contribution in [2.45, 2.75) is 13.2 Å². The van der Waals surface area contributed by atoms with E-state index in [9.17, 15) is 9.50 Å². The van der Waals surface area contributed by atoms with Gasteiger partial charge in [-0.05, 0) is 35.9 Å². The first kappa shape index (κ1) is 12.4. The van der Waals surface area contributed by atoms with Crippen molar-refractivity contribution in [3.8, 4) is 11.5 Å². The van der Waals surface area contributed by atoms with Gasteiger partial charge in [-0.15, -0.1) is 0 Å². The van der Waals surface area contributed by atoms with Crippen LogP contribution in [0.3, 0.4) is 0 Å². The standard InChI is InChI=1S/C14H13FO3/c15-12-4-5-14(11(7-12)8-16)18-9-10-2-1-3-13(17)6-10/h1-7,16-17H,8-9H2. The molecule has 0 fully saturated rings. The van der Waals surface area contributed by atoms with Gasteiger partial charge in [0.2, 0.25) is 0 Å². The summed E-state index contributed by atoms with van der Waals surface area (Å²) < 4.78 is 18.4. The third-order valence-electron chi connectivity index (χ3n) is 2.50. The number of phenols is 1. The Morgan fingerprint density at radius 3 is 2.67 bits per heavy atom. The number of aromatic hydroxyl groups is 1. The van der Waals surface area contributed by atoms with Crippen molar-refractivity contribution < 1.29 is 19.3 Å². The van der Waals surface area contributed by atoms with Crippen molar-refractivity contribution in [3.63, 3.8) is 0 Å². The van der Waals surface area contributed by atoms with Crippen molar-refractivity contribution in [1.82, 2.24) is 0 Å². The molecule has 0 aliphatic rings. The van der Waals surface area contributed by atoms with Crippen LogP contribution in [0.1, 0.15) is 11.1 Å². The molecule has 2 aromatic carbocycles. The number of phenolic OH excluding ortho intramolecular Hbond substituents is 1. The SMILES string of the molecule is OCc1cc(F)ccc1OCc1cccc(O)c1. The fourth-order valence-electron chi connectivity index (χ4n) is 1.62. The maximum Gasteiger partial charge on any atom is 0.125 e. The van der Waals surface area contributed by atoms with E-state index in [0.717, 1.165) is 5.56 Å². The fourth-order valence-corrected chi connectivity index (χ4v) is 1.62. The zero-order chi connectivity index (χ0) is 13.0. The molecule has 0 saturated carbocycles. The molecule has 2 N–H and O–H groups in total. The third-order valence-corrected chi connectivity index (χ3v) is 2.50. The number of ether oxygens (including phenoxy) is 1. The first-order chi connectivity index (χ1) is 8.69. The van der Waals surface area contributed by atoms with Gasteiger partial charge in [-0.1, -0.05) is 12.1 Å². The molecule has 0 unspecified atom stereocenters. The number of hydrogen-bond acceptors (Lipinski definition) is 3. The minimum Gasteiger partial charge on any atom is -0.508 e. The van der Waals surface area contributed by atoms with Crippen LogP contribution in [0.5, 0.6) is 11.5 Å². The first-order valence-corrected chi connectivity index (χ1v) is 5.49. The lowest BCUT2D eigenvalue weighted by molar-refractivity contribution is 0.258. The van der Waals surface area contributed by atoms with E-state index in [0.29, 0.717) is 11.3 Å². The lowest BCUT2D eigenvalue weighted by Crippen LogP contribution is -1.99. The normalized spacial score (nSPS) is 10.3. The Hall–Kier alpha value is -2.07. The maximum absolute atomic E-state index is 13.0. The van der Waals surface area contributed by atoms with E-state index in [4.69, 9.17) is 9.84 Å². The van der Waals surface area contributed by atoms with Gasteiger partial charge in [-0.25, -0.2) is 4.39 Å². The lowest BCUT2D eigenvalue weighted by atomic mass is 10.2. The van der Waals surface area contributed by atoms with E-state index in [1.807, 2.05) is 6.07 Å². The predicted molar refractivity (Wildman–Crippen MR) is 64.8 cm³/mol. The highest BCUT2D eigenvalue weighted by Gasteiger charge is 2.05. The summed E-state index contributed by atoms with van der Waals surface area (Å²) in [6.45, 7) is -0.0415. The van der Waals surface area contributed by atoms with E-state index >= 15 is 0 Å². The van der Waals surface area contributed by atoms with Crippen LogP contribution >= 0.6 is 0 Å². The molecule has 18 heavy (non-hydrogen) atoms. The fraction of sp³-hybridized carbons (Fsp3) is 0.143. The molecule has 0 aromatic heterocycles. The highest BCUT2D eigenvalue weighted by Crippen LogP contribution is 2.21. The van der Waals surface area contributed by atoms with Crippen LogP contribution in [0.25, 0.3) is 0 Å². The number of benzene rings is 2. The summed E-state index contributed by atoms with van der Waals surface area (Å²) in [6.07, 6.45) is 0. The number of rotatable bonds is 4. The molecule has 0 heterocycles. The Bertz CT molecular complexity index is 540. The van der Waals surface area contributed by atoms with Crippen LogP contribution in [-0.2, 0) is 13.2 Å². The molecule has 0 aliphatic carbocycles. The number of halogens is 1. The number of hydrogen-bond donors (Lipinski definition) is 2. The predicted octanol–water partition coefficient (Wildman–Crippen LogP) is 2.60. The van der Waals surface area contributed by atoms with Gasteiger partial charge < -0.3 is 14.9 Å². The van der Waals surface area contributed by atoms with Crippen molar-refractivity contribution in [2.75, 3.05) is 0 Å². The summed E-state index contributed by atoms with van der Waals surface area (Å²) in [7, 11) is 0. The van der Waals surface area contributed by atoms with Gasteiger partial charge in [0.05, 0.1) is 6.61 Å². The molecule has 0 amide bonds. The average molecular weight is 248 g/mol. The van der Waals surface area contributed by atoms with Crippen molar-refractivity contribution in [3.05, 3.63) is 59.4 Å². The van der Waals surface area contributed by atoms with Gasteiger partial charge in [0, 0.05) is 5.56 Å². The second-order valence-electron chi connectivity index (χ2n) is 3.87. The molecule has 0 bridgehead atoms. The molecule has 0 spiro atoms. The first-order valence-electron chi connectivity index (χ1n) is 5.49. The average Bonchev–Trinajstić information content (AvgIpc) is 2.37. The smallest absolute Gasteiger partial charge is 0.125 e.